The van der Waals surface area contributed by atoms with Gasteiger partial charge in [0.2, 0.25) is 0 Å². The average molecular weight is 389 g/mol. The minimum absolute atomic E-state index is 0.101. The van der Waals surface area contributed by atoms with E-state index in [4.69, 9.17) is 11.6 Å². The SMILES string of the molecule is CS(=O)(=O)c1cccc(C(=O)Nc2ccc(Br)c(Cl)c2)c1. The van der Waals surface area contributed by atoms with Crippen LogP contribution >= 0.6 is 27.5 Å². The molecule has 0 fully saturated rings. The number of rotatable bonds is 3. The van der Waals surface area contributed by atoms with E-state index in [-0.39, 0.29) is 10.5 Å². The summed E-state index contributed by atoms with van der Waals surface area (Å²) in [6.45, 7) is 0. The molecule has 2 aromatic carbocycles. The van der Waals surface area contributed by atoms with E-state index in [0.717, 1.165) is 10.7 Å². The number of amides is 1. The van der Waals surface area contributed by atoms with Crippen molar-refractivity contribution in [2.75, 3.05) is 11.6 Å². The standard InChI is InChI=1S/C14H11BrClNO3S/c1-21(19,20)11-4-2-3-9(7-11)14(18)17-10-5-6-12(15)13(16)8-10/h2-8H,1H3,(H,17,18). The van der Waals surface area contributed by atoms with E-state index >= 15 is 0 Å². The van der Waals surface area contributed by atoms with Crippen molar-refractivity contribution in [3.63, 3.8) is 0 Å². The van der Waals surface area contributed by atoms with Crippen LogP contribution in [0.2, 0.25) is 5.02 Å². The van der Waals surface area contributed by atoms with Gasteiger partial charge in [-0.05, 0) is 52.3 Å². The molecule has 2 aromatic rings. The summed E-state index contributed by atoms with van der Waals surface area (Å²) in [5.41, 5.74) is 0.787. The monoisotopic (exact) mass is 387 g/mol. The Morgan fingerprint density at radius 2 is 1.90 bits per heavy atom. The molecule has 0 bridgehead atoms. The maximum atomic E-state index is 12.1. The molecule has 0 spiro atoms. The molecular weight excluding hydrogens is 378 g/mol. The number of sulfone groups is 1. The lowest BCUT2D eigenvalue weighted by molar-refractivity contribution is 0.102. The van der Waals surface area contributed by atoms with Crippen LogP contribution in [0.3, 0.4) is 0 Å². The zero-order valence-electron chi connectivity index (χ0n) is 10.9. The van der Waals surface area contributed by atoms with E-state index in [9.17, 15) is 13.2 Å². The van der Waals surface area contributed by atoms with Crippen molar-refractivity contribution in [3.05, 3.63) is 57.5 Å². The molecule has 7 heteroatoms. The Labute approximate surface area is 136 Å². The molecule has 4 nitrogen and oxygen atoms in total. The maximum Gasteiger partial charge on any atom is 0.255 e. The van der Waals surface area contributed by atoms with E-state index < -0.39 is 15.7 Å². The summed E-state index contributed by atoms with van der Waals surface area (Å²) in [6, 6.07) is 10.9. The first-order valence-electron chi connectivity index (χ1n) is 5.84. The van der Waals surface area contributed by atoms with Crippen LogP contribution in [-0.4, -0.2) is 20.6 Å². The Morgan fingerprint density at radius 1 is 1.19 bits per heavy atom. The van der Waals surface area contributed by atoms with E-state index in [0.29, 0.717) is 10.7 Å². The summed E-state index contributed by atoms with van der Waals surface area (Å²) in [5, 5.41) is 3.14. The minimum atomic E-state index is -3.35. The molecule has 1 N–H and O–H groups in total. The number of hydrogen-bond acceptors (Lipinski definition) is 3. The second kappa shape index (κ2) is 6.17. The molecule has 2 rings (SSSR count). The number of nitrogens with one attached hydrogen (secondary N) is 1. The van der Waals surface area contributed by atoms with Gasteiger partial charge in [0, 0.05) is 22.0 Å². The van der Waals surface area contributed by atoms with Crippen molar-refractivity contribution in [3.8, 4) is 0 Å². The molecule has 21 heavy (non-hydrogen) atoms. The van der Waals surface area contributed by atoms with E-state index in [2.05, 4.69) is 21.2 Å². The smallest absolute Gasteiger partial charge is 0.255 e. The Morgan fingerprint density at radius 3 is 2.52 bits per heavy atom. The predicted octanol–water partition coefficient (Wildman–Crippen LogP) is 3.76. The first-order valence-corrected chi connectivity index (χ1v) is 8.90. The van der Waals surface area contributed by atoms with E-state index in [1.807, 2.05) is 0 Å². The summed E-state index contributed by atoms with van der Waals surface area (Å²) in [4.78, 5) is 12.2. The van der Waals surface area contributed by atoms with Crippen LogP contribution in [-0.2, 0) is 9.84 Å². The molecule has 0 aliphatic rings. The number of anilines is 1. The van der Waals surface area contributed by atoms with Crippen molar-refractivity contribution < 1.29 is 13.2 Å². The zero-order valence-corrected chi connectivity index (χ0v) is 14.1. The van der Waals surface area contributed by atoms with Crippen molar-refractivity contribution in [1.29, 1.82) is 0 Å². The van der Waals surface area contributed by atoms with Crippen LogP contribution in [0.25, 0.3) is 0 Å². The molecule has 0 heterocycles. The molecular formula is C14H11BrClNO3S. The van der Waals surface area contributed by atoms with Gasteiger partial charge in [0.05, 0.1) is 9.92 Å². The van der Waals surface area contributed by atoms with Gasteiger partial charge >= 0.3 is 0 Å². The molecule has 0 aliphatic heterocycles. The highest BCUT2D eigenvalue weighted by Crippen LogP contribution is 2.25. The normalized spacial score (nSPS) is 11.2. The Balaban J connectivity index is 2.26. The highest BCUT2D eigenvalue weighted by atomic mass is 79.9. The van der Waals surface area contributed by atoms with Crippen LogP contribution in [0, 0.1) is 0 Å². The number of carbonyl (C=O) groups is 1. The van der Waals surface area contributed by atoms with Gasteiger partial charge in [-0.1, -0.05) is 17.7 Å². The van der Waals surface area contributed by atoms with Crippen LogP contribution < -0.4 is 5.32 Å². The van der Waals surface area contributed by atoms with Gasteiger partial charge in [0.1, 0.15) is 0 Å². The summed E-state index contributed by atoms with van der Waals surface area (Å²) < 4.78 is 23.7. The molecule has 0 unspecified atom stereocenters. The lowest BCUT2D eigenvalue weighted by atomic mass is 10.2. The summed E-state index contributed by atoms with van der Waals surface area (Å²) in [7, 11) is -3.35. The Hall–Kier alpha value is -1.37. The minimum Gasteiger partial charge on any atom is -0.322 e. The largest absolute Gasteiger partial charge is 0.322 e. The van der Waals surface area contributed by atoms with Crippen LogP contribution in [0.4, 0.5) is 5.69 Å². The predicted molar refractivity (Wildman–Crippen MR) is 86.7 cm³/mol. The number of benzene rings is 2. The van der Waals surface area contributed by atoms with Crippen molar-refractivity contribution in [2.45, 2.75) is 4.90 Å². The molecule has 1 amide bonds. The first-order chi connectivity index (χ1) is 9.77. The fourth-order valence-electron chi connectivity index (χ4n) is 1.65. The lowest BCUT2D eigenvalue weighted by Gasteiger charge is -2.07. The molecule has 0 aliphatic carbocycles. The number of halogens is 2. The van der Waals surface area contributed by atoms with Crippen LogP contribution in [0.1, 0.15) is 10.4 Å². The first kappa shape index (κ1) is 16.0. The number of hydrogen-bond donors (Lipinski definition) is 1. The summed E-state index contributed by atoms with van der Waals surface area (Å²) in [5.74, 6) is -0.404. The average Bonchev–Trinajstić information content (AvgIpc) is 2.42. The summed E-state index contributed by atoms with van der Waals surface area (Å²) in [6.07, 6.45) is 1.10. The van der Waals surface area contributed by atoms with Crippen molar-refractivity contribution in [1.82, 2.24) is 0 Å². The summed E-state index contributed by atoms with van der Waals surface area (Å²) >= 11 is 9.21. The van der Waals surface area contributed by atoms with Crippen LogP contribution in [0.5, 0.6) is 0 Å². The maximum absolute atomic E-state index is 12.1. The van der Waals surface area contributed by atoms with Gasteiger partial charge < -0.3 is 5.32 Å². The van der Waals surface area contributed by atoms with Crippen molar-refractivity contribution >= 4 is 49.0 Å². The third-order valence-electron chi connectivity index (χ3n) is 2.70. The fourth-order valence-corrected chi connectivity index (χ4v) is 2.74. The van der Waals surface area contributed by atoms with Gasteiger partial charge in [-0.15, -0.1) is 0 Å². The Bertz CT molecular complexity index is 806. The quantitative estimate of drug-likeness (QED) is 0.871. The second-order valence-electron chi connectivity index (χ2n) is 4.38. The third-order valence-corrected chi connectivity index (χ3v) is 5.04. The molecule has 0 saturated heterocycles. The highest BCUT2D eigenvalue weighted by molar-refractivity contribution is 9.10. The van der Waals surface area contributed by atoms with Crippen molar-refractivity contribution in [2.24, 2.45) is 0 Å². The van der Waals surface area contributed by atoms with Crippen LogP contribution in [0.15, 0.2) is 51.8 Å². The molecule has 0 saturated carbocycles. The lowest BCUT2D eigenvalue weighted by Crippen LogP contribution is -2.12. The molecule has 0 radical (unpaired) electrons. The molecule has 0 aromatic heterocycles. The van der Waals surface area contributed by atoms with Gasteiger partial charge in [0.15, 0.2) is 9.84 Å². The second-order valence-corrected chi connectivity index (χ2v) is 7.66. The van der Waals surface area contributed by atoms with E-state index in [1.54, 1.807) is 24.3 Å². The highest BCUT2D eigenvalue weighted by Gasteiger charge is 2.12. The van der Waals surface area contributed by atoms with Gasteiger partial charge in [0.25, 0.3) is 5.91 Å². The van der Waals surface area contributed by atoms with Gasteiger partial charge in [-0.25, -0.2) is 8.42 Å². The zero-order chi connectivity index (χ0) is 15.6. The van der Waals surface area contributed by atoms with Gasteiger partial charge in [-0.3, -0.25) is 4.79 Å². The van der Waals surface area contributed by atoms with Gasteiger partial charge in [-0.2, -0.15) is 0 Å². The fraction of sp³-hybridized carbons (Fsp3) is 0.0714. The Kier molecular flexibility index (Phi) is 4.70. The molecule has 0 atom stereocenters. The number of carbonyl (C=O) groups excluding carboxylic acids is 1. The van der Waals surface area contributed by atoms with E-state index in [1.165, 1.54) is 18.2 Å². The molecule has 110 valence electrons. The topological polar surface area (TPSA) is 63.2 Å². The third kappa shape index (κ3) is 4.06.